The van der Waals surface area contributed by atoms with Crippen molar-refractivity contribution in [3.63, 3.8) is 0 Å². The average molecular weight is 266 g/mol. The Hall–Kier alpha value is -0.300. The van der Waals surface area contributed by atoms with Gasteiger partial charge in [0.25, 0.3) is 0 Å². The molecule has 0 bridgehead atoms. The Morgan fingerprint density at radius 2 is 1.58 bits per heavy atom. The van der Waals surface area contributed by atoms with E-state index in [1.54, 1.807) is 0 Å². The largest absolute Gasteiger partial charge is 0.389 e. The molecule has 1 heteroatoms. The Kier molecular flexibility index (Phi) is 10.2. The molecule has 0 spiro atoms. The van der Waals surface area contributed by atoms with Crippen molar-refractivity contribution in [1.82, 2.24) is 0 Å². The van der Waals surface area contributed by atoms with Crippen LogP contribution in [0.25, 0.3) is 0 Å². The highest BCUT2D eigenvalue weighted by molar-refractivity contribution is 5.10. The van der Waals surface area contributed by atoms with Gasteiger partial charge in [-0.05, 0) is 37.7 Å². The standard InChI is InChI=1S/C18H34O/c1-2-3-4-5-6-7-8-9-13-16-18(19)17-14-11-10-12-15-17/h14,18-19H,2-13,15-16H2,1H3. The van der Waals surface area contributed by atoms with Crippen molar-refractivity contribution in [3.05, 3.63) is 11.6 Å². The molecule has 0 aliphatic heterocycles. The van der Waals surface area contributed by atoms with Crippen LogP contribution in [0.3, 0.4) is 0 Å². The summed E-state index contributed by atoms with van der Waals surface area (Å²) in [5.41, 5.74) is 1.32. The van der Waals surface area contributed by atoms with Crippen LogP contribution in [0.2, 0.25) is 0 Å². The maximum Gasteiger partial charge on any atom is 0.0750 e. The Labute approximate surface area is 120 Å². The number of hydrogen-bond donors (Lipinski definition) is 1. The van der Waals surface area contributed by atoms with E-state index in [4.69, 9.17) is 0 Å². The molecule has 0 saturated carbocycles. The summed E-state index contributed by atoms with van der Waals surface area (Å²) >= 11 is 0. The molecule has 0 aromatic rings. The fraction of sp³-hybridized carbons (Fsp3) is 0.889. The zero-order chi connectivity index (χ0) is 13.8. The van der Waals surface area contributed by atoms with Gasteiger partial charge in [0.1, 0.15) is 0 Å². The number of rotatable bonds is 11. The lowest BCUT2D eigenvalue weighted by Gasteiger charge is -2.18. The highest BCUT2D eigenvalue weighted by Crippen LogP contribution is 2.23. The maximum atomic E-state index is 10.1. The first-order valence-corrected chi connectivity index (χ1v) is 8.71. The predicted molar refractivity (Wildman–Crippen MR) is 84.4 cm³/mol. The van der Waals surface area contributed by atoms with Crippen LogP contribution in [-0.2, 0) is 0 Å². The Morgan fingerprint density at radius 3 is 2.16 bits per heavy atom. The molecular weight excluding hydrogens is 232 g/mol. The molecule has 1 aliphatic carbocycles. The molecule has 19 heavy (non-hydrogen) atoms. The van der Waals surface area contributed by atoms with Crippen LogP contribution in [0, 0.1) is 0 Å². The molecule has 0 fully saturated rings. The normalized spacial score (nSPS) is 17.3. The van der Waals surface area contributed by atoms with Gasteiger partial charge in [-0.2, -0.15) is 0 Å². The van der Waals surface area contributed by atoms with Crippen molar-refractivity contribution >= 4 is 0 Å². The van der Waals surface area contributed by atoms with E-state index in [1.807, 2.05) is 0 Å². The maximum absolute atomic E-state index is 10.1. The van der Waals surface area contributed by atoms with Gasteiger partial charge in [0.05, 0.1) is 6.10 Å². The van der Waals surface area contributed by atoms with Crippen LogP contribution < -0.4 is 0 Å². The third kappa shape index (κ3) is 8.47. The summed E-state index contributed by atoms with van der Waals surface area (Å²) in [6.07, 6.45) is 20.3. The second kappa shape index (κ2) is 11.5. The van der Waals surface area contributed by atoms with Crippen molar-refractivity contribution in [1.29, 1.82) is 0 Å². The molecule has 1 aliphatic rings. The van der Waals surface area contributed by atoms with Crippen molar-refractivity contribution in [2.24, 2.45) is 0 Å². The molecule has 0 amide bonds. The fourth-order valence-corrected chi connectivity index (χ4v) is 3.00. The van der Waals surface area contributed by atoms with E-state index >= 15 is 0 Å². The lowest BCUT2D eigenvalue weighted by atomic mass is 9.92. The van der Waals surface area contributed by atoms with Gasteiger partial charge in [-0.1, -0.05) is 70.8 Å². The number of hydrogen-bond acceptors (Lipinski definition) is 1. The molecule has 0 aromatic carbocycles. The molecule has 0 aromatic heterocycles. The SMILES string of the molecule is CCCCCCCCCCCC(O)C1=CCCCC1. The van der Waals surface area contributed by atoms with E-state index in [0.29, 0.717) is 0 Å². The second-order valence-corrected chi connectivity index (χ2v) is 6.16. The van der Waals surface area contributed by atoms with Gasteiger partial charge < -0.3 is 5.11 Å². The molecule has 0 saturated heterocycles. The summed E-state index contributed by atoms with van der Waals surface area (Å²) < 4.78 is 0. The highest BCUT2D eigenvalue weighted by Gasteiger charge is 2.12. The molecule has 0 heterocycles. The summed E-state index contributed by atoms with van der Waals surface area (Å²) in [6.45, 7) is 2.27. The molecule has 1 atom stereocenters. The van der Waals surface area contributed by atoms with E-state index in [9.17, 15) is 5.11 Å². The van der Waals surface area contributed by atoms with Crippen molar-refractivity contribution in [2.75, 3.05) is 0 Å². The Balaban J connectivity index is 1.88. The number of aliphatic hydroxyl groups excluding tert-OH is 1. The van der Waals surface area contributed by atoms with E-state index in [1.165, 1.54) is 82.6 Å². The molecule has 1 N–H and O–H groups in total. The lowest BCUT2D eigenvalue weighted by Crippen LogP contribution is -2.12. The van der Waals surface area contributed by atoms with Crippen LogP contribution in [0.4, 0.5) is 0 Å². The minimum Gasteiger partial charge on any atom is -0.389 e. The predicted octanol–water partition coefficient (Wildman–Crippen LogP) is 5.77. The first kappa shape index (κ1) is 16.8. The average Bonchev–Trinajstić information content (AvgIpc) is 2.46. The van der Waals surface area contributed by atoms with Gasteiger partial charge in [-0.25, -0.2) is 0 Å². The fourth-order valence-electron chi connectivity index (χ4n) is 3.00. The first-order valence-electron chi connectivity index (χ1n) is 8.71. The van der Waals surface area contributed by atoms with Crippen LogP contribution in [0.1, 0.15) is 96.8 Å². The van der Waals surface area contributed by atoms with Gasteiger partial charge in [-0.3, -0.25) is 0 Å². The van der Waals surface area contributed by atoms with E-state index in [-0.39, 0.29) is 6.10 Å². The third-order valence-corrected chi connectivity index (χ3v) is 4.34. The zero-order valence-corrected chi connectivity index (χ0v) is 13.0. The summed E-state index contributed by atoms with van der Waals surface area (Å²) in [4.78, 5) is 0. The number of allylic oxidation sites excluding steroid dienone is 1. The van der Waals surface area contributed by atoms with Gasteiger partial charge in [0, 0.05) is 0 Å². The minimum absolute atomic E-state index is 0.134. The molecular formula is C18H34O. The molecule has 1 nitrogen and oxygen atoms in total. The zero-order valence-electron chi connectivity index (χ0n) is 13.0. The van der Waals surface area contributed by atoms with E-state index in [0.717, 1.165) is 12.8 Å². The van der Waals surface area contributed by atoms with Gasteiger partial charge in [0.2, 0.25) is 0 Å². The molecule has 112 valence electrons. The van der Waals surface area contributed by atoms with Crippen LogP contribution in [-0.4, -0.2) is 11.2 Å². The first-order chi connectivity index (χ1) is 9.34. The van der Waals surface area contributed by atoms with Gasteiger partial charge in [0.15, 0.2) is 0 Å². The quantitative estimate of drug-likeness (QED) is 0.372. The summed E-state index contributed by atoms with van der Waals surface area (Å²) in [5, 5.41) is 10.1. The smallest absolute Gasteiger partial charge is 0.0750 e. The van der Waals surface area contributed by atoms with E-state index in [2.05, 4.69) is 13.0 Å². The summed E-state index contributed by atoms with van der Waals surface area (Å²) in [6, 6.07) is 0. The van der Waals surface area contributed by atoms with E-state index < -0.39 is 0 Å². The van der Waals surface area contributed by atoms with Gasteiger partial charge in [-0.15, -0.1) is 0 Å². The Morgan fingerprint density at radius 1 is 0.947 bits per heavy atom. The highest BCUT2D eigenvalue weighted by atomic mass is 16.3. The molecule has 0 radical (unpaired) electrons. The van der Waals surface area contributed by atoms with Crippen molar-refractivity contribution in [3.8, 4) is 0 Å². The minimum atomic E-state index is -0.134. The second-order valence-electron chi connectivity index (χ2n) is 6.16. The summed E-state index contributed by atoms with van der Waals surface area (Å²) in [5.74, 6) is 0. The van der Waals surface area contributed by atoms with Crippen molar-refractivity contribution < 1.29 is 5.11 Å². The molecule has 1 rings (SSSR count). The Bertz CT molecular complexity index is 232. The number of unbranched alkanes of at least 4 members (excludes halogenated alkanes) is 8. The lowest BCUT2D eigenvalue weighted by molar-refractivity contribution is 0.189. The summed E-state index contributed by atoms with van der Waals surface area (Å²) in [7, 11) is 0. The monoisotopic (exact) mass is 266 g/mol. The van der Waals surface area contributed by atoms with Gasteiger partial charge >= 0.3 is 0 Å². The van der Waals surface area contributed by atoms with Crippen LogP contribution in [0.5, 0.6) is 0 Å². The number of aliphatic hydroxyl groups is 1. The van der Waals surface area contributed by atoms with Crippen LogP contribution in [0.15, 0.2) is 11.6 Å². The molecule has 1 unspecified atom stereocenters. The van der Waals surface area contributed by atoms with Crippen molar-refractivity contribution in [2.45, 2.75) is 103 Å². The van der Waals surface area contributed by atoms with Crippen LogP contribution >= 0.6 is 0 Å². The topological polar surface area (TPSA) is 20.2 Å². The third-order valence-electron chi connectivity index (χ3n) is 4.34.